The van der Waals surface area contributed by atoms with Gasteiger partial charge in [-0.1, -0.05) is 6.92 Å². The van der Waals surface area contributed by atoms with E-state index >= 15 is 0 Å². The third-order valence-electron chi connectivity index (χ3n) is 2.94. The molecule has 112 valence electrons. The Hall–Kier alpha value is -1.92. The number of rotatable bonds is 4. The number of likely N-dealkylation sites (tertiary alicyclic amines) is 1. The van der Waals surface area contributed by atoms with Crippen LogP contribution in [0.3, 0.4) is 0 Å². The van der Waals surface area contributed by atoms with E-state index in [0.717, 1.165) is 4.90 Å². The minimum absolute atomic E-state index is 0.0314. The zero-order valence-corrected chi connectivity index (χ0v) is 12.1. The average molecular weight is 284 g/mol. The summed E-state index contributed by atoms with van der Waals surface area (Å²) in [5, 5.41) is 0. The van der Waals surface area contributed by atoms with Crippen LogP contribution in [-0.4, -0.2) is 40.2 Å². The maximum Gasteiger partial charge on any atom is 0.330 e. The van der Waals surface area contributed by atoms with Crippen LogP contribution in [0.1, 0.15) is 40.5 Å². The largest absolute Gasteiger partial charge is 0.458 e. The van der Waals surface area contributed by atoms with E-state index in [1.165, 1.54) is 6.92 Å². The molecule has 2 N–H and O–H groups in total. The molecule has 0 aromatic heterocycles. The Balaban J connectivity index is 3.09. The molecule has 0 spiro atoms. The van der Waals surface area contributed by atoms with Crippen LogP contribution in [-0.2, 0) is 23.9 Å². The van der Waals surface area contributed by atoms with Crippen molar-refractivity contribution >= 4 is 23.7 Å². The zero-order chi connectivity index (χ0) is 15.7. The number of nitrogens with zero attached hydrogens (tertiary/aromatic N) is 1. The first kappa shape index (κ1) is 16.1. The SMILES string of the molecule is CC(C(N)=O)[C@@H](C(=O)OC(C)(C)C)N1C(=O)CCC1=O. The highest BCUT2D eigenvalue weighted by atomic mass is 16.6. The lowest BCUT2D eigenvalue weighted by atomic mass is 9.99. The number of hydrogen-bond donors (Lipinski definition) is 1. The van der Waals surface area contributed by atoms with E-state index < -0.39 is 41.3 Å². The molecule has 1 aliphatic heterocycles. The summed E-state index contributed by atoms with van der Waals surface area (Å²) in [4.78, 5) is 47.9. The molecule has 0 aliphatic carbocycles. The van der Waals surface area contributed by atoms with Crippen molar-refractivity contribution in [2.45, 2.75) is 52.2 Å². The molecule has 20 heavy (non-hydrogen) atoms. The molecule has 0 radical (unpaired) electrons. The second-order valence-electron chi connectivity index (χ2n) is 5.83. The molecule has 1 aliphatic rings. The van der Waals surface area contributed by atoms with E-state index in [1.807, 2.05) is 0 Å². The van der Waals surface area contributed by atoms with E-state index in [2.05, 4.69) is 0 Å². The van der Waals surface area contributed by atoms with Gasteiger partial charge in [0.05, 0.1) is 5.92 Å². The van der Waals surface area contributed by atoms with E-state index in [0.29, 0.717) is 0 Å². The molecular weight excluding hydrogens is 264 g/mol. The standard InChI is InChI=1S/C13H20N2O5/c1-7(11(14)18)10(12(19)20-13(2,3)4)15-8(16)5-6-9(15)17/h7,10H,5-6H2,1-4H3,(H2,14,18)/t7?,10-/m0/s1. The van der Waals surface area contributed by atoms with Gasteiger partial charge in [0.25, 0.3) is 0 Å². The normalized spacial score (nSPS) is 18.9. The van der Waals surface area contributed by atoms with Crippen LogP contribution in [0.15, 0.2) is 0 Å². The van der Waals surface area contributed by atoms with Crippen molar-refractivity contribution in [2.24, 2.45) is 11.7 Å². The van der Waals surface area contributed by atoms with Crippen molar-refractivity contribution in [2.75, 3.05) is 0 Å². The highest BCUT2D eigenvalue weighted by molar-refractivity contribution is 6.06. The molecule has 0 aromatic carbocycles. The first-order valence-electron chi connectivity index (χ1n) is 6.41. The van der Waals surface area contributed by atoms with Crippen LogP contribution in [0.5, 0.6) is 0 Å². The topological polar surface area (TPSA) is 107 Å². The molecule has 2 atom stereocenters. The van der Waals surface area contributed by atoms with Gasteiger partial charge >= 0.3 is 5.97 Å². The van der Waals surface area contributed by atoms with Crippen molar-refractivity contribution in [3.8, 4) is 0 Å². The van der Waals surface area contributed by atoms with Crippen LogP contribution in [0.25, 0.3) is 0 Å². The number of esters is 1. The minimum Gasteiger partial charge on any atom is -0.458 e. The predicted molar refractivity (Wildman–Crippen MR) is 69.1 cm³/mol. The van der Waals surface area contributed by atoms with Gasteiger partial charge in [0.2, 0.25) is 17.7 Å². The first-order valence-corrected chi connectivity index (χ1v) is 6.41. The molecule has 1 heterocycles. The van der Waals surface area contributed by atoms with Crippen LogP contribution in [0.2, 0.25) is 0 Å². The number of nitrogens with two attached hydrogens (primary N) is 1. The Morgan fingerprint density at radius 1 is 1.20 bits per heavy atom. The Morgan fingerprint density at radius 2 is 1.65 bits per heavy atom. The van der Waals surface area contributed by atoms with Gasteiger partial charge in [0.15, 0.2) is 0 Å². The molecular formula is C13H20N2O5. The summed E-state index contributed by atoms with van der Waals surface area (Å²) < 4.78 is 5.19. The molecule has 7 nitrogen and oxygen atoms in total. The predicted octanol–water partition coefficient (Wildman–Crippen LogP) is -0.0329. The molecule has 0 saturated carbocycles. The van der Waals surface area contributed by atoms with Gasteiger partial charge in [-0.05, 0) is 20.8 Å². The fraction of sp³-hybridized carbons (Fsp3) is 0.692. The van der Waals surface area contributed by atoms with Gasteiger partial charge in [-0.15, -0.1) is 0 Å². The minimum atomic E-state index is -1.30. The Morgan fingerprint density at radius 3 is 2.00 bits per heavy atom. The third kappa shape index (κ3) is 3.55. The summed E-state index contributed by atoms with van der Waals surface area (Å²) in [5.74, 6) is -3.55. The molecule has 1 saturated heterocycles. The van der Waals surface area contributed by atoms with Crippen molar-refractivity contribution in [3.05, 3.63) is 0 Å². The second-order valence-corrected chi connectivity index (χ2v) is 5.83. The summed E-state index contributed by atoms with van der Waals surface area (Å²) in [5.41, 5.74) is 4.41. The summed E-state index contributed by atoms with van der Waals surface area (Å²) in [6.07, 6.45) is 0.0627. The van der Waals surface area contributed by atoms with Gasteiger partial charge in [-0.2, -0.15) is 0 Å². The van der Waals surface area contributed by atoms with Crippen molar-refractivity contribution in [1.82, 2.24) is 4.90 Å². The van der Waals surface area contributed by atoms with Crippen molar-refractivity contribution in [1.29, 1.82) is 0 Å². The Labute approximate surface area is 117 Å². The van der Waals surface area contributed by atoms with E-state index in [9.17, 15) is 19.2 Å². The molecule has 0 aromatic rings. The van der Waals surface area contributed by atoms with Gasteiger partial charge in [-0.3, -0.25) is 19.3 Å². The van der Waals surface area contributed by atoms with Gasteiger partial charge < -0.3 is 10.5 Å². The number of hydrogen-bond acceptors (Lipinski definition) is 5. The van der Waals surface area contributed by atoms with Gasteiger partial charge in [0, 0.05) is 12.8 Å². The molecule has 1 fully saturated rings. The van der Waals surface area contributed by atoms with E-state index in [4.69, 9.17) is 10.5 Å². The highest BCUT2D eigenvalue weighted by Crippen LogP contribution is 2.23. The number of imide groups is 1. The molecule has 7 heteroatoms. The van der Waals surface area contributed by atoms with Crippen LogP contribution >= 0.6 is 0 Å². The maximum atomic E-state index is 12.2. The number of ether oxygens (including phenoxy) is 1. The highest BCUT2D eigenvalue weighted by Gasteiger charge is 2.45. The number of amides is 3. The average Bonchev–Trinajstić information content (AvgIpc) is 2.58. The lowest BCUT2D eigenvalue weighted by molar-refractivity contribution is -0.170. The summed E-state index contributed by atoms with van der Waals surface area (Å²) >= 11 is 0. The van der Waals surface area contributed by atoms with Gasteiger partial charge in [0.1, 0.15) is 11.6 Å². The Kier molecular flexibility index (Phi) is 4.52. The lowest BCUT2D eigenvalue weighted by Crippen LogP contribution is -2.53. The van der Waals surface area contributed by atoms with E-state index in [-0.39, 0.29) is 12.8 Å². The fourth-order valence-corrected chi connectivity index (χ4v) is 1.95. The summed E-state index contributed by atoms with van der Waals surface area (Å²) in [6.45, 7) is 6.37. The second kappa shape index (κ2) is 5.60. The summed E-state index contributed by atoms with van der Waals surface area (Å²) in [6, 6.07) is -1.30. The summed E-state index contributed by atoms with van der Waals surface area (Å²) in [7, 11) is 0. The molecule has 0 bridgehead atoms. The van der Waals surface area contributed by atoms with Crippen LogP contribution in [0.4, 0.5) is 0 Å². The Bertz CT molecular complexity index is 436. The molecule has 1 rings (SSSR count). The van der Waals surface area contributed by atoms with Crippen molar-refractivity contribution in [3.63, 3.8) is 0 Å². The quantitative estimate of drug-likeness (QED) is 0.576. The third-order valence-corrected chi connectivity index (χ3v) is 2.94. The van der Waals surface area contributed by atoms with Crippen molar-refractivity contribution < 1.29 is 23.9 Å². The van der Waals surface area contributed by atoms with Gasteiger partial charge in [-0.25, -0.2) is 4.79 Å². The monoisotopic (exact) mass is 284 g/mol. The smallest absolute Gasteiger partial charge is 0.330 e. The lowest BCUT2D eigenvalue weighted by Gasteiger charge is -2.31. The molecule has 1 unspecified atom stereocenters. The van der Waals surface area contributed by atoms with Crippen LogP contribution < -0.4 is 5.73 Å². The van der Waals surface area contributed by atoms with Crippen LogP contribution in [0, 0.1) is 5.92 Å². The fourth-order valence-electron chi connectivity index (χ4n) is 1.95. The zero-order valence-electron chi connectivity index (χ0n) is 12.1. The van der Waals surface area contributed by atoms with E-state index in [1.54, 1.807) is 20.8 Å². The number of carbonyl (C=O) groups is 4. The number of primary amides is 1. The maximum absolute atomic E-state index is 12.2. The number of carbonyl (C=O) groups excluding carboxylic acids is 4. The first-order chi connectivity index (χ1) is 9.04. The molecule has 3 amide bonds.